The molecule has 0 fully saturated rings. The maximum Gasteiger partial charge on any atom is 0.222 e. The van der Waals surface area contributed by atoms with Gasteiger partial charge in [0.2, 0.25) is 5.28 Å². The molecule has 0 spiro atoms. The Morgan fingerprint density at radius 1 is 1.22 bits per heavy atom. The second kappa shape index (κ2) is 4.23. The molecule has 0 atom stereocenters. The molecule has 0 unspecified atom stereocenters. The van der Waals surface area contributed by atoms with Gasteiger partial charge < -0.3 is 4.57 Å². The van der Waals surface area contributed by atoms with E-state index in [0.29, 0.717) is 10.7 Å². The zero-order valence-corrected chi connectivity index (χ0v) is 10.9. The van der Waals surface area contributed by atoms with Gasteiger partial charge in [-0.15, -0.1) is 0 Å². The van der Waals surface area contributed by atoms with Gasteiger partial charge >= 0.3 is 0 Å². The minimum absolute atomic E-state index is 0.176. The van der Waals surface area contributed by atoms with Crippen LogP contribution in [0.3, 0.4) is 0 Å². The van der Waals surface area contributed by atoms with Gasteiger partial charge in [0.1, 0.15) is 5.65 Å². The van der Waals surface area contributed by atoms with Gasteiger partial charge in [0, 0.05) is 30.4 Å². The molecule has 0 aromatic carbocycles. The van der Waals surface area contributed by atoms with Crippen LogP contribution >= 0.6 is 23.2 Å². The fraction of sp³-hybridized carbons (Fsp3) is 0.0833. The summed E-state index contributed by atoms with van der Waals surface area (Å²) >= 11 is 11.9. The van der Waals surface area contributed by atoms with E-state index < -0.39 is 0 Å². The van der Waals surface area contributed by atoms with Crippen LogP contribution in [-0.4, -0.2) is 19.5 Å². The van der Waals surface area contributed by atoms with Crippen molar-refractivity contribution in [2.75, 3.05) is 0 Å². The number of fused-ring (bicyclic) bond motifs is 1. The minimum Gasteiger partial charge on any atom is -0.335 e. The van der Waals surface area contributed by atoms with Gasteiger partial charge in [-0.25, -0.2) is 15.0 Å². The first-order chi connectivity index (χ1) is 8.66. The molecule has 0 N–H and O–H groups in total. The Morgan fingerprint density at radius 3 is 2.89 bits per heavy atom. The Labute approximate surface area is 113 Å². The summed E-state index contributed by atoms with van der Waals surface area (Å²) in [6, 6.07) is 3.85. The van der Waals surface area contributed by atoms with Crippen molar-refractivity contribution in [3.05, 3.63) is 41.0 Å². The Morgan fingerprint density at radius 2 is 2.06 bits per heavy atom. The van der Waals surface area contributed by atoms with Crippen molar-refractivity contribution >= 4 is 34.2 Å². The normalized spacial score (nSPS) is 11.1. The van der Waals surface area contributed by atoms with Crippen LogP contribution in [0.1, 0.15) is 0 Å². The van der Waals surface area contributed by atoms with E-state index in [1.807, 2.05) is 29.9 Å². The fourth-order valence-electron chi connectivity index (χ4n) is 1.94. The molecule has 0 aliphatic rings. The van der Waals surface area contributed by atoms with E-state index in [1.54, 1.807) is 6.20 Å². The molecule has 3 heterocycles. The Bertz CT molecular complexity index is 736. The van der Waals surface area contributed by atoms with E-state index in [1.165, 1.54) is 6.20 Å². The molecule has 4 nitrogen and oxygen atoms in total. The number of halogens is 2. The highest BCUT2D eigenvalue weighted by Crippen LogP contribution is 2.32. The minimum atomic E-state index is 0.176. The third kappa shape index (κ3) is 1.74. The summed E-state index contributed by atoms with van der Waals surface area (Å²) in [5.74, 6) is 0. The lowest BCUT2D eigenvalue weighted by Gasteiger charge is -2.01. The number of hydrogen-bond donors (Lipinski definition) is 0. The molecule has 3 aromatic heterocycles. The lowest BCUT2D eigenvalue weighted by atomic mass is 10.1. The molecule has 0 radical (unpaired) electrons. The Balaban J connectivity index is 2.35. The summed E-state index contributed by atoms with van der Waals surface area (Å²) in [5, 5.41) is 1.63. The highest BCUT2D eigenvalue weighted by molar-refractivity contribution is 6.34. The molecule has 18 heavy (non-hydrogen) atoms. The van der Waals surface area contributed by atoms with Crippen LogP contribution in [0.25, 0.3) is 22.3 Å². The van der Waals surface area contributed by atoms with Crippen LogP contribution in [-0.2, 0) is 7.05 Å². The summed E-state index contributed by atoms with van der Waals surface area (Å²) in [6.45, 7) is 0. The first-order valence-electron chi connectivity index (χ1n) is 5.25. The van der Waals surface area contributed by atoms with Crippen LogP contribution in [0, 0.1) is 0 Å². The van der Waals surface area contributed by atoms with Crippen molar-refractivity contribution in [2.45, 2.75) is 0 Å². The summed E-state index contributed by atoms with van der Waals surface area (Å²) in [5.41, 5.74) is 2.39. The maximum atomic E-state index is 6.13. The van der Waals surface area contributed by atoms with Crippen molar-refractivity contribution in [3.63, 3.8) is 0 Å². The lowest BCUT2D eigenvalue weighted by Crippen LogP contribution is -1.88. The highest BCUT2D eigenvalue weighted by atomic mass is 35.5. The molecule has 0 aliphatic carbocycles. The molecule has 0 bridgehead atoms. The summed E-state index contributed by atoms with van der Waals surface area (Å²) in [4.78, 5) is 12.4. The fourth-order valence-corrected chi connectivity index (χ4v) is 2.26. The third-order valence-corrected chi connectivity index (χ3v) is 3.16. The number of pyridine rings is 1. The van der Waals surface area contributed by atoms with Crippen molar-refractivity contribution in [2.24, 2.45) is 7.05 Å². The highest BCUT2D eigenvalue weighted by Gasteiger charge is 2.14. The molecule has 0 saturated carbocycles. The van der Waals surface area contributed by atoms with E-state index in [4.69, 9.17) is 23.2 Å². The van der Waals surface area contributed by atoms with Gasteiger partial charge in [0.25, 0.3) is 0 Å². The Kier molecular flexibility index (Phi) is 2.69. The van der Waals surface area contributed by atoms with Crippen LogP contribution < -0.4 is 0 Å². The monoisotopic (exact) mass is 278 g/mol. The molecular weight excluding hydrogens is 271 g/mol. The van der Waals surface area contributed by atoms with Crippen LogP contribution in [0.4, 0.5) is 0 Å². The van der Waals surface area contributed by atoms with Gasteiger partial charge in [0.05, 0.1) is 16.9 Å². The average molecular weight is 279 g/mol. The number of nitrogens with zero attached hydrogens (tertiary/aromatic N) is 4. The number of aromatic nitrogens is 4. The lowest BCUT2D eigenvalue weighted by molar-refractivity contribution is 0.948. The van der Waals surface area contributed by atoms with Gasteiger partial charge in [-0.05, 0) is 23.7 Å². The molecule has 6 heteroatoms. The van der Waals surface area contributed by atoms with Crippen LogP contribution in [0.5, 0.6) is 0 Å². The molecule has 90 valence electrons. The quantitative estimate of drug-likeness (QED) is 0.642. The number of hydrogen-bond acceptors (Lipinski definition) is 3. The average Bonchev–Trinajstić information content (AvgIpc) is 2.71. The molecule has 0 saturated heterocycles. The van der Waals surface area contributed by atoms with Gasteiger partial charge in [-0.3, -0.25) is 0 Å². The van der Waals surface area contributed by atoms with Gasteiger partial charge in [-0.1, -0.05) is 11.6 Å². The van der Waals surface area contributed by atoms with E-state index in [0.717, 1.165) is 16.6 Å². The standard InChI is InChI=1S/C12H8Cl2N4/c1-18-6-8(7-3-2-4-15-11(7)18)10-9(13)5-16-12(14)17-10/h2-6H,1H3. The largest absolute Gasteiger partial charge is 0.335 e. The molecule has 3 aromatic rings. The van der Waals surface area contributed by atoms with E-state index in [9.17, 15) is 0 Å². The topological polar surface area (TPSA) is 43.6 Å². The summed E-state index contributed by atoms with van der Waals surface area (Å²) in [7, 11) is 1.93. The van der Waals surface area contributed by atoms with Crippen molar-refractivity contribution in [3.8, 4) is 11.3 Å². The Hall–Kier alpha value is -1.65. The molecule has 3 rings (SSSR count). The SMILES string of the molecule is Cn1cc(-c2nc(Cl)ncc2Cl)c2cccnc21. The van der Waals surface area contributed by atoms with Gasteiger partial charge in [0.15, 0.2) is 0 Å². The van der Waals surface area contributed by atoms with Crippen LogP contribution in [0.15, 0.2) is 30.7 Å². The van der Waals surface area contributed by atoms with Crippen molar-refractivity contribution < 1.29 is 0 Å². The molecule has 0 amide bonds. The molecular formula is C12H8Cl2N4. The van der Waals surface area contributed by atoms with Crippen molar-refractivity contribution in [1.29, 1.82) is 0 Å². The number of rotatable bonds is 1. The second-order valence-electron chi connectivity index (χ2n) is 3.86. The predicted molar refractivity (Wildman–Crippen MR) is 71.8 cm³/mol. The van der Waals surface area contributed by atoms with Gasteiger partial charge in [-0.2, -0.15) is 0 Å². The smallest absolute Gasteiger partial charge is 0.222 e. The van der Waals surface area contributed by atoms with E-state index >= 15 is 0 Å². The predicted octanol–water partition coefficient (Wildman–Crippen LogP) is 3.34. The first kappa shape index (κ1) is 11.4. The van der Waals surface area contributed by atoms with Crippen LogP contribution in [0.2, 0.25) is 10.3 Å². The first-order valence-corrected chi connectivity index (χ1v) is 6.01. The third-order valence-electron chi connectivity index (χ3n) is 2.70. The summed E-state index contributed by atoms with van der Waals surface area (Å²) in [6.07, 6.45) is 5.18. The van der Waals surface area contributed by atoms with Crippen molar-refractivity contribution in [1.82, 2.24) is 19.5 Å². The second-order valence-corrected chi connectivity index (χ2v) is 4.61. The maximum absolute atomic E-state index is 6.13. The van der Waals surface area contributed by atoms with E-state index in [-0.39, 0.29) is 5.28 Å². The number of aryl methyl sites for hydroxylation is 1. The van der Waals surface area contributed by atoms with E-state index in [2.05, 4.69) is 15.0 Å². The summed E-state index contributed by atoms with van der Waals surface area (Å²) < 4.78 is 1.93. The molecule has 0 aliphatic heterocycles. The zero-order chi connectivity index (χ0) is 12.7. The zero-order valence-electron chi connectivity index (χ0n) is 9.43.